The van der Waals surface area contributed by atoms with Crippen molar-refractivity contribution in [3.8, 4) is 16.9 Å². The van der Waals surface area contributed by atoms with Crippen LogP contribution in [0.1, 0.15) is 91.4 Å². The Morgan fingerprint density at radius 3 is 2.28 bits per heavy atom. The highest BCUT2D eigenvalue weighted by molar-refractivity contribution is 5.94. The van der Waals surface area contributed by atoms with Crippen LogP contribution in [0.25, 0.3) is 11.1 Å². The number of rotatable bonds is 9. The predicted molar refractivity (Wildman–Crippen MR) is 179 cm³/mol. The van der Waals surface area contributed by atoms with Crippen LogP contribution in [0.15, 0.2) is 90.7 Å². The third kappa shape index (κ3) is 8.26. The molecule has 1 atom stereocenters. The molecule has 3 aliphatic rings. The second-order valence-electron chi connectivity index (χ2n) is 12.4. The molecule has 0 bridgehead atoms. The fourth-order valence-corrected chi connectivity index (χ4v) is 6.44. The number of dihydropyridines is 1. The van der Waals surface area contributed by atoms with Gasteiger partial charge in [0.25, 0.3) is 0 Å². The molecule has 2 heterocycles. The smallest absolute Gasteiger partial charge is 0.159 e. The van der Waals surface area contributed by atoms with E-state index in [-0.39, 0.29) is 11.8 Å². The van der Waals surface area contributed by atoms with Crippen molar-refractivity contribution < 1.29 is 9.53 Å². The normalized spacial score (nSPS) is 18.7. The van der Waals surface area contributed by atoms with Crippen LogP contribution in [0, 0.1) is 12.8 Å². The number of methoxy groups -OCH3 is 1. The molecule has 1 saturated heterocycles. The van der Waals surface area contributed by atoms with Crippen LogP contribution in [0.4, 0.5) is 0 Å². The molecule has 2 aliphatic heterocycles. The summed E-state index contributed by atoms with van der Waals surface area (Å²) < 4.78 is 5.70. The zero-order chi connectivity index (χ0) is 30.2. The van der Waals surface area contributed by atoms with E-state index < -0.39 is 0 Å². The van der Waals surface area contributed by atoms with Gasteiger partial charge in [-0.15, -0.1) is 0 Å². The molecular weight excluding hydrogens is 528 g/mol. The van der Waals surface area contributed by atoms with Crippen LogP contribution in [0.3, 0.4) is 0 Å². The van der Waals surface area contributed by atoms with E-state index in [9.17, 15) is 4.79 Å². The van der Waals surface area contributed by atoms with E-state index in [0.717, 1.165) is 35.3 Å². The molecule has 6 rings (SSSR count). The Morgan fingerprint density at radius 2 is 1.65 bits per heavy atom. The van der Waals surface area contributed by atoms with Gasteiger partial charge in [-0.1, -0.05) is 86.5 Å². The van der Waals surface area contributed by atoms with Crippen LogP contribution in [0.2, 0.25) is 0 Å². The van der Waals surface area contributed by atoms with Crippen molar-refractivity contribution in [2.24, 2.45) is 5.92 Å². The van der Waals surface area contributed by atoms with E-state index in [1.165, 1.54) is 79.4 Å². The van der Waals surface area contributed by atoms with Gasteiger partial charge >= 0.3 is 0 Å². The Kier molecular flexibility index (Phi) is 10.5. The van der Waals surface area contributed by atoms with Gasteiger partial charge in [-0.05, 0) is 116 Å². The van der Waals surface area contributed by atoms with E-state index in [2.05, 4.69) is 66.7 Å². The van der Waals surface area contributed by atoms with Gasteiger partial charge in [-0.25, -0.2) is 0 Å². The molecule has 0 radical (unpaired) electrons. The molecule has 2 fully saturated rings. The zero-order valence-corrected chi connectivity index (χ0v) is 26.4. The molecule has 4 nitrogen and oxygen atoms in total. The number of likely N-dealkylation sites (tertiary alicyclic amines) is 1. The first-order valence-electron chi connectivity index (χ1n) is 16.2. The van der Waals surface area contributed by atoms with Gasteiger partial charge in [-0.3, -0.25) is 9.69 Å². The van der Waals surface area contributed by atoms with Crippen LogP contribution in [-0.2, 0) is 0 Å². The summed E-state index contributed by atoms with van der Waals surface area (Å²) in [5.41, 5.74) is 8.64. The summed E-state index contributed by atoms with van der Waals surface area (Å²) in [5.74, 6) is 2.83. The molecule has 3 aromatic rings. The van der Waals surface area contributed by atoms with Gasteiger partial charge in [0.1, 0.15) is 5.75 Å². The summed E-state index contributed by atoms with van der Waals surface area (Å²) in [4.78, 5) is 13.7. The maximum Gasteiger partial charge on any atom is 0.159 e. The Morgan fingerprint density at radius 1 is 0.953 bits per heavy atom. The highest BCUT2D eigenvalue weighted by Crippen LogP contribution is 2.44. The van der Waals surface area contributed by atoms with E-state index in [1.807, 2.05) is 42.5 Å². The van der Waals surface area contributed by atoms with Crippen LogP contribution in [-0.4, -0.2) is 37.4 Å². The number of carbonyl (C=O) groups excluding carboxylic acids is 1. The summed E-state index contributed by atoms with van der Waals surface area (Å²) in [6.45, 7) is 9.67. The maximum absolute atomic E-state index is 11.1. The Bertz CT molecular complexity index is 1410. The molecule has 3 aromatic carbocycles. The second-order valence-corrected chi connectivity index (χ2v) is 12.4. The molecule has 226 valence electrons. The minimum Gasteiger partial charge on any atom is -0.496 e. The fraction of sp³-hybridized carbons (Fsp3) is 0.410. The van der Waals surface area contributed by atoms with Crippen molar-refractivity contribution in [2.75, 3.05) is 26.7 Å². The van der Waals surface area contributed by atoms with Crippen LogP contribution in [0.5, 0.6) is 5.75 Å². The first-order chi connectivity index (χ1) is 20.9. The van der Waals surface area contributed by atoms with E-state index in [1.54, 1.807) is 14.0 Å². The highest BCUT2D eigenvalue weighted by Gasteiger charge is 2.28. The van der Waals surface area contributed by atoms with E-state index in [0.29, 0.717) is 0 Å². The Labute approximate surface area is 258 Å². The van der Waals surface area contributed by atoms with Gasteiger partial charge in [0, 0.05) is 12.1 Å². The van der Waals surface area contributed by atoms with Gasteiger partial charge < -0.3 is 10.1 Å². The number of ketones is 1. The number of hydrogen-bond donors (Lipinski definition) is 1. The molecule has 1 N–H and O–H groups in total. The van der Waals surface area contributed by atoms with E-state index in [4.69, 9.17) is 4.74 Å². The zero-order valence-electron chi connectivity index (χ0n) is 26.4. The summed E-state index contributed by atoms with van der Waals surface area (Å²) in [6, 6.07) is 22.7. The Hall–Kier alpha value is -3.63. The average Bonchev–Trinajstić information content (AvgIpc) is 3.89. The summed E-state index contributed by atoms with van der Waals surface area (Å²) in [6.07, 6.45) is 14.9. The predicted octanol–water partition coefficient (Wildman–Crippen LogP) is 9.03. The monoisotopic (exact) mass is 576 g/mol. The van der Waals surface area contributed by atoms with Crippen molar-refractivity contribution in [1.82, 2.24) is 10.2 Å². The third-order valence-corrected chi connectivity index (χ3v) is 9.18. The molecule has 43 heavy (non-hydrogen) atoms. The first-order valence-corrected chi connectivity index (χ1v) is 16.2. The number of ether oxygens (including phenoxy) is 1. The average molecular weight is 577 g/mol. The lowest BCUT2D eigenvalue weighted by molar-refractivity contribution is 0.101. The van der Waals surface area contributed by atoms with Gasteiger partial charge in [0.05, 0.1) is 13.2 Å². The van der Waals surface area contributed by atoms with E-state index >= 15 is 0 Å². The summed E-state index contributed by atoms with van der Waals surface area (Å²) >= 11 is 0. The molecule has 0 aromatic heterocycles. The Balaban J connectivity index is 0.000000207. The van der Waals surface area contributed by atoms with Gasteiger partial charge in [0.15, 0.2) is 5.78 Å². The second kappa shape index (κ2) is 14.7. The lowest BCUT2D eigenvalue weighted by atomic mass is 9.92. The SMILES string of the molecule is CC(=O)c1ccc(-c2ccccc2)cc1.CCCC1CCN(CC2=CC(c3cc(OC)c(C)c(C4CC4)c3)NC=C2)CC1. The molecule has 1 saturated carbocycles. The van der Waals surface area contributed by atoms with Crippen molar-refractivity contribution >= 4 is 5.78 Å². The number of nitrogens with zero attached hydrogens (tertiary/aromatic N) is 1. The number of Topliss-reactive ketones (excluding diaryl/α,β-unsaturated/α-hetero) is 1. The lowest BCUT2D eigenvalue weighted by Gasteiger charge is -2.33. The van der Waals surface area contributed by atoms with Gasteiger partial charge in [0.2, 0.25) is 0 Å². The summed E-state index contributed by atoms with van der Waals surface area (Å²) in [7, 11) is 1.79. The van der Waals surface area contributed by atoms with Crippen molar-refractivity contribution in [3.63, 3.8) is 0 Å². The van der Waals surface area contributed by atoms with Crippen LogP contribution < -0.4 is 10.1 Å². The molecule has 1 aliphatic carbocycles. The minimum atomic E-state index is 0.106. The number of nitrogens with one attached hydrogen (secondary N) is 1. The van der Waals surface area contributed by atoms with Crippen molar-refractivity contribution in [3.05, 3.63) is 113 Å². The molecular formula is C39H48N2O2. The van der Waals surface area contributed by atoms with Crippen LogP contribution >= 0.6 is 0 Å². The largest absolute Gasteiger partial charge is 0.496 e. The molecule has 0 spiro atoms. The quantitative estimate of drug-likeness (QED) is 0.258. The molecule has 1 unspecified atom stereocenters. The van der Waals surface area contributed by atoms with Crippen molar-refractivity contribution in [1.29, 1.82) is 0 Å². The first kappa shape index (κ1) is 30.8. The molecule has 0 amide bonds. The minimum absolute atomic E-state index is 0.106. The van der Waals surface area contributed by atoms with Crippen molar-refractivity contribution in [2.45, 2.75) is 71.3 Å². The molecule has 4 heteroatoms. The standard InChI is InChI=1S/C25H36N2O.C14H12O/c1-4-5-19-9-12-27(13-10-19)17-20-8-11-26-24(14-20)22-15-23(21-6-7-21)18(2)25(16-22)28-3;1-11(15)12-7-9-14(10-8-12)13-5-3-2-4-6-13/h8,11,14-16,19,21,24,26H,4-7,9-10,12-13,17H2,1-3H3;2-10H,1H3. The third-order valence-electron chi connectivity index (χ3n) is 9.18. The number of benzene rings is 3. The topological polar surface area (TPSA) is 41.6 Å². The van der Waals surface area contributed by atoms with Gasteiger partial charge in [-0.2, -0.15) is 0 Å². The number of hydrogen-bond acceptors (Lipinski definition) is 4. The number of piperidine rings is 1. The maximum atomic E-state index is 11.1. The fourth-order valence-electron chi connectivity index (χ4n) is 6.44. The lowest BCUT2D eigenvalue weighted by Crippen LogP contribution is -2.35. The number of carbonyl (C=O) groups is 1. The highest BCUT2D eigenvalue weighted by atomic mass is 16.5. The summed E-state index contributed by atoms with van der Waals surface area (Å²) in [5, 5.41) is 3.55.